The van der Waals surface area contributed by atoms with Gasteiger partial charge in [-0.1, -0.05) is 31.4 Å². The first kappa shape index (κ1) is 25.5. The molecule has 8 heteroatoms. The fraction of sp³-hybridized carbons (Fsp3) is 0.840. The van der Waals surface area contributed by atoms with Gasteiger partial charge in [0.25, 0.3) is 0 Å². The Bertz CT molecular complexity index is 734. The van der Waals surface area contributed by atoms with Crippen molar-refractivity contribution >= 4 is 11.4 Å². The Morgan fingerprint density at radius 3 is 2.45 bits per heavy atom. The quantitative estimate of drug-likeness (QED) is 0.225. The molecule has 0 amide bonds. The Labute approximate surface area is 202 Å². The standard InChI is InChI=1S/C25H43N3O4S/c1-25(2,3)33(32)27-17-11-9-16(10-12-17)22(29)26-18-13-14-20-21(15-18)24(31)28(23(20)30)19-7-5-4-6-8-19/h11,14,16,18-19,21-24,26-27,29-31H,4-10,12-13,15H2,1-3H3. The van der Waals surface area contributed by atoms with Crippen molar-refractivity contribution in [3.63, 3.8) is 0 Å². The monoisotopic (exact) mass is 481 g/mol. The molecule has 7 unspecified atom stereocenters. The SMILES string of the molecule is CC(C)(C)[S+]([O-])NC1=CCC(C(O)NC2CC=C3C(C2)C(O)N(C2CCCCC2)C3O)CC1. The Kier molecular flexibility index (Phi) is 8.16. The number of allylic oxidation sites excluding steroid dienone is 2. The van der Waals surface area contributed by atoms with Crippen molar-refractivity contribution in [3.05, 3.63) is 23.4 Å². The van der Waals surface area contributed by atoms with Crippen LogP contribution in [0.15, 0.2) is 23.4 Å². The van der Waals surface area contributed by atoms with Crippen molar-refractivity contribution in [2.75, 3.05) is 0 Å². The average molecular weight is 482 g/mol. The number of aliphatic hydroxyl groups excluding tert-OH is 3. The van der Waals surface area contributed by atoms with E-state index in [-0.39, 0.29) is 28.7 Å². The van der Waals surface area contributed by atoms with E-state index in [4.69, 9.17) is 0 Å². The Morgan fingerprint density at radius 2 is 1.82 bits per heavy atom. The van der Waals surface area contributed by atoms with Gasteiger partial charge in [0.2, 0.25) is 0 Å². The second-order valence-electron chi connectivity index (χ2n) is 11.4. The maximum absolute atomic E-state index is 12.3. The van der Waals surface area contributed by atoms with Crippen LogP contribution >= 0.6 is 0 Å². The normalized spacial score (nSPS) is 36.0. The minimum Gasteiger partial charge on any atom is -0.593 e. The van der Waals surface area contributed by atoms with Crippen molar-refractivity contribution in [3.8, 4) is 0 Å². The third kappa shape index (κ3) is 5.80. The smallest absolute Gasteiger partial charge is 0.142 e. The summed E-state index contributed by atoms with van der Waals surface area (Å²) in [5.74, 6) is 0.0386. The summed E-state index contributed by atoms with van der Waals surface area (Å²) >= 11 is -1.13. The molecule has 1 saturated heterocycles. The van der Waals surface area contributed by atoms with Gasteiger partial charge in [-0.05, 0) is 71.3 Å². The summed E-state index contributed by atoms with van der Waals surface area (Å²) in [6.45, 7) is 5.86. The molecule has 0 aromatic carbocycles. The van der Waals surface area contributed by atoms with Crippen LogP contribution in [0.5, 0.6) is 0 Å². The van der Waals surface area contributed by atoms with E-state index in [1.807, 2.05) is 25.7 Å². The highest BCUT2D eigenvalue weighted by molar-refractivity contribution is 7.90. The van der Waals surface area contributed by atoms with Gasteiger partial charge in [-0.25, -0.2) is 9.62 Å². The van der Waals surface area contributed by atoms with Gasteiger partial charge in [0, 0.05) is 23.9 Å². The topological polar surface area (TPSA) is 111 Å². The van der Waals surface area contributed by atoms with Crippen molar-refractivity contribution in [1.29, 1.82) is 0 Å². The minimum atomic E-state index is -1.13. The van der Waals surface area contributed by atoms with Crippen LogP contribution in [0.25, 0.3) is 0 Å². The molecule has 7 atom stereocenters. The molecule has 1 heterocycles. The summed E-state index contributed by atoms with van der Waals surface area (Å²) in [5, 5.41) is 36.2. The van der Waals surface area contributed by atoms with E-state index >= 15 is 0 Å². The number of fused-ring (bicyclic) bond motifs is 1. The molecule has 2 fully saturated rings. The average Bonchev–Trinajstić information content (AvgIpc) is 3.03. The lowest BCUT2D eigenvalue weighted by Crippen LogP contribution is -2.47. The maximum Gasteiger partial charge on any atom is 0.142 e. The van der Waals surface area contributed by atoms with E-state index in [1.165, 1.54) is 19.3 Å². The molecule has 7 nitrogen and oxygen atoms in total. The Morgan fingerprint density at radius 1 is 1.09 bits per heavy atom. The van der Waals surface area contributed by atoms with Gasteiger partial charge in [-0.15, -0.1) is 0 Å². The molecule has 5 N–H and O–H groups in total. The Hall–Kier alpha value is -0.610. The van der Waals surface area contributed by atoms with E-state index in [2.05, 4.69) is 22.2 Å². The zero-order chi connectivity index (χ0) is 23.8. The number of hydrogen-bond donors (Lipinski definition) is 5. The van der Waals surface area contributed by atoms with Crippen molar-refractivity contribution in [2.24, 2.45) is 11.8 Å². The molecule has 4 rings (SSSR count). The first-order chi connectivity index (χ1) is 15.6. The lowest BCUT2D eigenvalue weighted by molar-refractivity contribution is -0.0933. The van der Waals surface area contributed by atoms with Crippen LogP contribution in [0, 0.1) is 11.8 Å². The lowest BCUT2D eigenvalue weighted by atomic mass is 9.84. The molecule has 0 aromatic rings. The second-order valence-corrected chi connectivity index (χ2v) is 13.3. The van der Waals surface area contributed by atoms with Gasteiger partial charge < -0.3 is 19.9 Å². The summed E-state index contributed by atoms with van der Waals surface area (Å²) < 4.78 is 15.1. The van der Waals surface area contributed by atoms with Gasteiger partial charge in [-0.3, -0.25) is 5.32 Å². The number of nitrogens with zero attached hydrogens (tertiary/aromatic N) is 1. The van der Waals surface area contributed by atoms with Crippen LogP contribution in [0.2, 0.25) is 0 Å². The fourth-order valence-corrected chi connectivity index (χ4v) is 6.63. The number of nitrogens with one attached hydrogen (secondary N) is 2. The first-order valence-corrected chi connectivity index (χ1v) is 14.0. The first-order valence-electron chi connectivity index (χ1n) is 12.8. The van der Waals surface area contributed by atoms with Gasteiger partial charge in [0.1, 0.15) is 23.4 Å². The van der Waals surface area contributed by atoms with E-state index in [9.17, 15) is 19.9 Å². The largest absolute Gasteiger partial charge is 0.593 e. The molecule has 33 heavy (non-hydrogen) atoms. The highest BCUT2D eigenvalue weighted by atomic mass is 32.2. The molecular weight excluding hydrogens is 438 g/mol. The summed E-state index contributed by atoms with van der Waals surface area (Å²) in [5.41, 5.74) is 1.96. The van der Waals surface area contributed by atoms with E-state index in [0.717, 1.165) is 56.2 Å². The summed E-state index contributed by atoms with van der Waals surface area (Å²) in [4.78, 5) is 1.94. The predicted octanol–water partition coefficient (Wildman–Crippen LogP) is 2.62. The number of aliphatic hydroxyl groups is 3. The number of likely N-dealkylation sites (tertiary alicyclic amines) is 1. The predicted molar refractivity (Wildman–Crippen MR) is 131 cm³/mol. The summed E-state index contributed by atoms with van der Waals surface area (Å²) in [6, 6.07) is 0.343. The molecule has 0 radical (unpaired) electrons. The van der Waals surface area contributed by atoms with Gasteiger partial charge in [0.05, 0.1) is 17.1 Å². The van der Waals surface area contributed by atoms with Crippen LogP contribution in [0.1, 0.15) is 85.0 Å². The van der Waals surface area contributed by atoms with Crippen LogP contribution in [0.3, 0.4) is 0 Å². The van der Waals surface area contributed by atoms with E-state index < -0.39 is 30.0 Å². The molecule has 3 aliphatic carbocycles. The minimum absolute atomic E-state index is 0.0743. The molecule has 0 aromatic heterocycles. The van der Waals surface area contributed by atoms with Crippen LogP contribution in [-0.4, -0.2) is 60.3 Å². The third-order valence-electron chi connectivity index (χ3n) is 7.93. The highest BCUT2D eigenvalue weighted by Crippen LogP contribution is 2.42. The zero-order valence-corrected chi connectivity index (χ0v) is 21.2. The van der Waals surface area contributed by atoms with Crippen LogP contribution in [-0.2, 0) is 11.4 Å². The Balaban J connectivity index is 1.29. The van der Waals surface area contributed by atoms with Crippen molar-refractivity contribution < 1.29 is 19.9 Å². The lowest BCUT2D eigenvalue weighted by Gasteiger charge is -2.36. The van der Waals surface area contributed by atoms with Crippen molar-refractivity contribution in [2.45, 2.75) is 120 Å². The third-order valence-corrected chi connectivity index (χ3v) is 9.49. The zero-order valence-electron chi connectivity index (χ0n) is 20.4. The van der Waals surface area contributed by atoms with Crippen molar-refractivity contribution in [1.82, 2.24) is 14.9 Å². The van der Waals surface area contributed by atoms with E-state index in [1.54, 1.807) is 0 Å². The molecule has 0 spiro atoms. The van der Waals surface area contributed by atoms with Gasteiger partial charge in [-0.2, -0.15) is 0 Å². The molecule has 4 aliphatic rings. The van der Waals surface area contributed by atoms with Gasteiger partial charge >= 0.3 is 0 Å². The van der Waals surface area contributed by atoms with Crippen LogP contribution in [0.4, 0.5) is 0 Å². The number of rotatable bonds is 6. The van der Waals surface area contributed by atoms with Crippen LogP contribution < -0.4 is 10.0 Å². The number of hydrogen-bond acceptors (Lipinski definition) is 7. The molecular formula is C25H43N3O4S. The summed E-state index contributed by atoms with van der Waals surface area (Å²) in [6.07, 6.45) is 11.7. The van der Waals surface area contributed by atoms with E-state index in [0.29, 0.717) is 0 Å². The van der Waals surface area contributed by atoms with Gasteiger partial charge in [0.15, 0.2) is 0 Å². The highest BCUT2D eigenvalue weighted by Gasteiger charge is 2.48. The maximum atomic E-state index is 12.3. The summed E-state index contributed by atoms with van der Waals surface area (Å²) in [7, 11) is 0. The fourth-order valence-electron chi connectivity index (χ4n) is 5.90. The molecule has 1 saturated carbocycles. The molecule has 1 aliphatic heterocycles. The second kappa shape index (κ2) is 10.6. The molecule has 188 valence electrons. The molecule has 0 bridgehead atoms.